The third-order valence-electron chi connectivity index (χ3n) is 4.64. The van der Waals surface area contributed by atoms with Crippen molar-refractivity contribution in [3.05, 3.63) is 18.2 Å². The van der Waals surface area contributed by atoms with Crippen molar-refractivity contribution in [2.75, 3.05) is 0 Å². The molecule has 2 rings (SSSR count). The molecule has 1 aromatic rings. The molecule has 4 atom stereocenters. The number of aromatic nitrogens is 2. The zero-order valence-electron chi connectivity index (χ0n) is 12.0. The zero-order chi connectivity index (χ0) is 13.3. The molecule has 0 aromatic carbocycles. The Morgan fingerprint density at radius 3 is 2.61 bits per heavy atom. The van der Waals surface area contributed by atoms with Gasteiger partial charge in [0, 0.05) is 6.04 Å². The maximum Gasteiger partial charge on any atom is 0.0984 e. The molecule has 1 aromatic heterocycles. The normalized spacial score (nSPS) is 30.7. The molecule has 3 nitrogen and oxygen atoms in total. The van der Waals surface area contributed by atoms with E-state index in [-0.39, 0.29) is 6.10 Å². The van der Waals surface area contributed by atoms with Crippen molar-refractivity contribution in [3.63, 3.8) is 0 Å². The molecule has 1 heterocycles. The molecule has 1 saturated carbocycles. The second kappa shape index (κ2) is 5.43. The van der Waals surface area contributed by atoms with Crippen LogP contribution in [0.5, 0.6) is 0 Å². The predicted molar refractivity (Wildman–Crippen MR) is 73.2 cm³/mol. The van der Waals surface area contributed by atoms with E-state index in [2.05, 4.69) is 37.2 Å². The summed E-state index contributed by atoms with van der Waals surface area (Å²) in [4.78, 5) is 4.20. The average molecular weight is 250 g/mol. The highest BCUT2D eigenvalue weighted by molar-refractivity contribution is 5.06. The second-order valence-electron chi connectivity index (χ2n) is 6.29. The maximum atomic E-state index is 10.6. The van der Waals surface area contributed by atoms with Crippen LogP contribution in [0.1, 0.15) is 64.8 Å². The van der Waals surface area contributed by atoms with Crippen molar-refractivity contribution >= 4 is 0 Å². The topological polar surface area (TPSA) is 38.1 Å². The smallest absolute Gasteiger partial charge is 0.0984 e. The summed E-state index contributed by atoms with van der Waals surface area (Å²) in [5.41, 5.74) is 0.983. The molecule has 18 heavy (non-hydrogen) atoms. The number of nitrogens with zero attached hydrogens (tertiary/aromatic N) is 2. The van der Waals surface area contributed by atoms with Crippen LogP contribution in [0.4, 0.5) is 0 Å². The Morgan fingerprint density at radius 2 is 2.00 bits per heavy atom. The summed E-state index contributed by atoms with van der Waals surface area (Å²) in [6.07, 6.45) is 6.80. The molecule has 1 N–H and O–H groups in total. The Balaban J connectivity index is 2.11. The van der Waals surface area contributed by atoms with Crippen LogP contribution in [0.25, 0.3) is 0 Å². The molecule has 4 unspecified atom stereocenters. The first-order chi connectivity index (χ1) is 8.50. The Kier molecular flexibility index (Phi) is 4.10. The van der Waals surface area contributed by atoms with Gasteiger partial charge in [-0.2, -0.15) is 0 Å². The van der Waals surface area contributed by atoms with Crippen LogP contribution >= 0.6 is 0 Å². The van der Waals surface area contributed by atoms with Gasteiger partial charge in [-0.15, -0.1) is 0 Å². The van der Waals surface area contributed by atoms with E-state index in [1.54, 1.807) is 0 Å². The van der Waals surface area contributed by atoms with Gasteiger partial charge in [0.2, 0.25) is 0 Å². The molecular formula is C15H26N2O. The Bertz CT molecular complexity index is 386. The molecule has 0 saturated heterocycles. The molecular weight excluding hydrogens is 224 g/mol. The minimum atomic E-state index is -0.357. The standard InChI is InChI=1S/C15H26N2O/c1-10(2)17-9-16-8-14(17)15(18)13-6-5-11(3)12(4)7-13/h8-13,15,18H,5-7H2,1-4H3. The van der Waals surface area contributed by atoms with Crippen LogP contribution in [0, 0.1) is 17.8 Å². The third-order valence-corrected chi connectivity index (χ3v) is 4.64. The van der Waals surface area contributed by atoms with E-state index in [4.69, 9.17) is 0 Å². The van der Waals surface area contributed by atoms with Gasteiger partial charge < -0.3 is 9.67 Å². The van der Waals surface area contributed by atoms with Crippen molar-refractivity contribution < 1.29 is 5.11 Å². The van der Waals surface area contributed by atoms with Gasteiger partial charge in [-0.25, -0.2) is 4.98 Å². The first kappa shape index (κ1) is 13.6. The highest BCUT2D eigenvalue weighted by atomic mass is 16.3. The zero-order valence-corrected chi connectivity index (χ0v) is 12.0. The van der Waals surface area contributed by atoms with Gasteiger partial charge in [0.15, 0.2) is 0 Å². The van der Waals surface area contributed by atoms with E-state index < -0.39 is 0 Å². The van der Waals surface area contributed by atoms with E-state index in [9.17, 15) is 5.11 Å². The predicted octanol–water partition coefficient (Wildman–Crippen LogP) is 3.57. The van der Waals surface area contributed by atoms with E-state index in [1.165, 1.54) is 6.42 Å². The highest BCUT2D eigenvalue weighted by Crippen LogP contribution is 2.40. The van der Waals surface area contributed by atoms with Crippen LogP contribution in [-0.2, 0) is 0 Å². The van der Waals surface area contributed by atoms with Gasteiger partial charge in [-0.1, -0.05) is 20.3 Å². The molecule has 0 amide bonds. The number of hydrogen-bond donors (Lipinski definition) is 1. The van der Waals surface area contributed by atoms with E-state index in [0.717, 1.165) is 24.5 Å². The van der Waals surface area contributed by atoms with Gasteiger partial charge in [0.25, 0.3) is 0 Å². The summed E-state index contributed by atoms with van der Waals surface area (Å²) in [5, 5.41) is 10.6. The SMILES string of the molecule is CC1CCC(C(O)c2cncn2C(C)C)CC1C. The van der Waals surface area contributed by atoms with Crippen LogP contribution in [-0.4, -0.2) is 14.7 Å². The fourth-order valence-electron chi connectivity index (χ4n) is 3.09. The number of aliphatic hydroxyl groups excluding tert-OH is 1. The van der Waals surface area contributed by atoms with Crippen LogP contribution < -0.4 is 0 Å². The Labute approximate surface area is 110 Å². The molecule has 3 heteroatoms. The molecule has 1 aliphatic carbocycles. The first-order valence-corrected chi connectivity index (χ1v) is 7.20. The number of imidazole rings is 1. The summed E-state index contributed by atoms with van der Waals surface area (Å²) in [5.74, 6) is 1.91. The maximum absolute atomic E-state index is 10.6. The summed E-state index contributed by atoms with van der Waals surface area (Å²) in [6.45, 7) is 8.89. The van der Waals surface area contributed by atoms with E-state index >= 15 is 0 Å². The molecule has 1 aliphatic rings. The van der Waals surface area contributed by atoms with Crippen LogP contribution in [0.2, 0.25) is 0 Å². The summed E-state index contributed by atoms with van der Waals surface area (Å²) in [6, 6.07) is 0.358. The van der Waals surface area contributed by atoms with Crippen molar-refractivity contribution in [3.8, 4) is 0 Å². The van der Waals surface area contributed by atoms with Crippen LogP contribution in [0.15, 0.2) is 12.5 Å². The lowest BCUT2D eigenvalue weighted by molar-refractivity contribution is 0.0499. The van der Waals surface area contributed by atoms with Crippen molar-refractivity contribution in [2.45, 2.75) is 59.1 Å². The molecule has 0 spiro atoms. The minimum absolute atomic E-state index is 0.357. The largest absolute Gasteiger partial charge is 0.387 e. The molecule has 0 aliphatic heterocycles. The molecule has 102 valence electrons. The second-order valence-corrected chi connectivity index (χ2v) is 6.29. The van der Waals surface area contributed by atoms with Gasteiger partial charge in [0.05, 0.1) is 24.3 Å². The summed E-state index contributed by atoms with van der Waals surface area (Å²) in [7, 11) is 0. The fourth-order valence-corrected chi connectivity index (χ4v) is 3.09. The lowest BCUT2D eigenvalue weighted by Gasteiger charge is -2.35. The highest BCUT2D eigenvalue weighted by Gasteiger charge is 2.31. The van der Waals surface area contributed by atoms with Crippen molar-refractivity contribution in [1.29, 1.82) is 0 Å². The summed E-state index contributed by atoms with van der Waals surface area (Å²) >= 11 is 0. The fraction of sp³-hybridized carbons (Fsp3) is 0.800. The van der Waals surface area contributed by atoms with Gasteiger partial charge in [-0.3, -0.25) is 0 Å². The quantitative estimate of drug-likeness (QED) is 0.890. The number of aliphatic hydroxyl groups is 1. The Morgan fingerprint density at radius 1 is 1.28 bits per heavy atom. The van der Waals surface area contributed by atoms with Crippen molar-refractivity contribution in [2.24, 2.45) is 17.8 Å². The van der Waals surface area contributed by atoms with Gasteiger partial charge in [0.1, 0.15) is 0 Å². The third kappa shape index (κ3) is 2.61. The lowest BCUT2D eigenvalue weighted by atomic mass is 9.73. The van der Waals surface area contributed by atoms with Gasteiger partial charge in [-0.05, 0) is 44.4 Å². The Hall–Kier alpha value is -0.830. The van der Waals surface area contributed by atoms with Crippen LogP contribution in [0.3, 0.4) is 0 Å². The molecule has 0 radical (unpaired) electrons. The van der Waals surface area contributed by atoms with Gasteiger partial charge >= 0.3 is 0 Å². The minimum Gasteiger partial charge on any atom is -0.387 e. The summed E-state index contributed by atoms with van der Waals surface area (Å²) < 4.78 is 2.09. The van der Waals surface area contributed by atoms with E-state index in [1.807, 2.05) is 12.5 Å². The number of rotatable bonds is 3. The molecule has 1 fully saturated rings. The number of hydrogen-bond acceptors (Lipinski definition) is 2. The monoisotopic (exact) mass is 250 g/mol. The molecule has 0 bridgehead atoms. The van der Waals surface area contributed by atoms with Crippen molar-refractivity contribution in [1.82, 2.24) is 9.55 Å². The lowest BCUT2D eigenvalue weighted by Crippen LogP contribution is -2.26. The van der Waals surface area contributed by atoms with E-state index in [0.29, 0.717) is 17.9 Å². The average Bonchev–Trinajstić information content (AvgIpc) is 2.81. The first-order valence-electron chi connectivity index (χ1n) is 7.20.